The van der Waals surface area contributed by atoms with Crippen LogP contribution in [0.15, 0.2) is 102 Å². The van der Waals surface area contributed by atoms with Crippen LogP contribution >= 0.6 is 0 Å². The van der Waals surface area contributed by atoms with E-state index in [1.807, 2.05) is 12.1 Å². The molecule has 2 aromatic heterocycles. The predicted molar refractivity (Wildman–Crippen MR) is 137 cm³/mol. The molecule has 0 atom stereocenters. The zero-order valence-corrected chi connectivity index (χ0v) is 17.5. The summed E-state index contributed by atoms with van der Waals surface area (Å²) in [4.78, 5) is 9.69. The molecule has 8 aromatic rings. The summed E-state index contributed by atoms with van der Waals surface area (Å²) in [5.41, 5.74) is 3.66. The van der Waals surface area contributed by atoms with E-state index in [0.29, 0.717) is 0 Å². The smallest absolute Gasteiger partial charge is 0.136 e. The maximum Gasteiger partial charge on any atom is 0.136 e. The Labute approximate surface area is 187 Å². The molecular formula is C30H16N2O. The van der Waals surface area contributed by atoms with Gasteiger partial charge in [-0.15, -0.1) is 0 Å². The highest BCUT2D eigenvalue weighted by Gasteiger charge is 2.19. The van der Waals surface area contributed by atoms with Gasteiger partial charge in [-0.1, -0.05) is 66.7 Å². The van der Waals surface area contributed by atoms with Gasteiger partial charge in [0.25, 0.3) is 0 Å². The number of furan rings is 1. The third-order valence-corrected chi connectivity index (χ3v) is 6.91. The lowest BCUT2D eigenvalue weighted by atomic mass is 9.89. The van der Waals surface area contributed by atoms with E-state index < -0.39 is 0 Å². The SMILES string of the molecule is c1ccc2c(c1)oc1cc3c(cc12)c1nccnc1c1c2ccccc2c2ccccc2c31. The fourth-order valence-corrected chi connectivity index (χ4v) is 5.56. The first-order valence-electron chi connectivity index (χ1n) is 11.1. The zero-order valence-electron chi connectivity index (χ0n) is 17.5. The van der Waals surface area contributed by atoms with E-state index in [4.69, 9.17) is 14.4 Å². The lowest BCUT2D eigenvalue weighted by molar-refractivity contribution is 0.669. The second-order valence-corrected chi connectivity index (χ2v) is 8.59. The van der Waals surface area contributed by atoms with Crippen molar-refractivity contribution in [2.24, 2.45) is 0 Å². The average molecular weight is 420 g/mol. The summed E-state index contributed by atoms with van der Waals surface area (Å²) in [5.74, 6) is 0. The van der Waals surface area contributed by atoms with Gasteiger partial charge in [-0.3, -0.25) is 9.97 Å². The van der Waals surface area contributed by atoms with E-state index in [1.165, 1.54) is 26.9 Å². The number of fused-ring (bicyclic) bond motifs is 14. The summed E-state index contributed by atoms with van der Waals surface area (Å²) in [7, 11) is 0. The summed E-state index contributed by atoms with van der Waals surface area (Å²) < 4.78 is 6.29. The molecule has 0 amide bonds. The number of benzene rings is 6. The average Bonchev–Trinajstić information content (AvgIpc) is 3.25. The van der Waals surface area contributed by atoms with Gasteiger partial charge in [-0.25, -0.2) is 0 Å². The number of nitrogens with zero attached hydrogens (tertiary/aromatic N) is 2. The molecular weight excluding hydrogens is 404 g/mol. The lowest BCUT2D eigenvalue weighted by Gasteiger charge is -2.15. The Kier molecular flexibility index (Phi) is 3.14. The number of hydrogen-bond acceptors (Lipinski definition) is 3. The van der Waals surface area contributed by atoms with Gasteiger partial charge in [-0.05, 0) is 45.1 Å². The Balaban J connectivity index is 1.78. The first-order valence-corrected chi connectivity index (χ1v) is 11.1. The van der Waals surface area contributed by atoms with Crippen molar-refractivity contribution < 1.29 is 4.42 Å². The van der Waals surface area contributed by atoms with Crippen LogP contribution in [-0.2, 0) is 0 Å². The van der Waals surface area contributed by atoms with Crippen molar-refractivity contribution >= 4 is 76.1 Å². The quantitative estimate of drug-likeness (QED) is 0.232. The van der Waals surface area contributed by atoms with Gasteiger partial charge in [0.15, 0.2) is 0 Å². The Bertz CT molecular complexity index is 2090. The standard InChI is InChI=1S/C30H16N2O/c1-3-10-20-17(7-1)18-8-2-4-11-21(18)28-27(20)23-16-26-22(19-9-5-6-12-25(19)33-26)15-24(23)29-30(28)32-14-13-31-29/h1-16H. The van der Waals surface area contributed by atoms with Crippen LogP contribution in [0.1, 0.15) is 0 Å². The summed E-state index contributed by atoms with van der Waals surface area (Å²) in [6.45, 7) is 0. The first-order chi connectivity index (χ1) is 16.4. The molecule has 6 aromatic carbocycles. The fraction of sp³-hybridized carbons (Fsp3) is 0. The summed E-state index contributed by atoms with van der Waals surface area (Å²) in [5, 5.41) is 11.7. The lowest BCUT2D eigenvalue weighted by Crippen LogP contribution is -1.91. The first kappa shape index (κ1) is 17.1. The molecule has 3 nitrogen and oxygen atoms in total. The third kappa shape index (κ3) is 2.14. The molecule has 0 spiro atoms. The molecule has 0 aliphatic heterocycles. The van der Waals surface area contributed by atoms with E-state index in [0.717, 1.165) is 49.1 Å². The number of aromatic nitrogens is 2. The molecule has 2 heterocycles. The molecule has 33 heavy (non-hydrogen) atoms. The van der Waals surface area contributed by atoms with Gasteiger partial charge in [0.05, 0.1) is 11.0 Å². The van der Waals surface area contributed by atoms with Gasteiger partial charge < -0.3 is 4.42 Å². The van der Waals surface area contributed by atoms with E-state index in [9.17, 15) is 0 Å². The second-order valence-electron chi connectivity index (χ2n) is 8.59. The predicted octanol–water partition coefficient (Wildman–Crippen LogP) is 8.14. The minimum absolute atomic E-state index is 0.894. The highest BCUT2D eigenvalue weighted by atomic mass is 16.3. The van der Waals surface area contributed by atoms with Crippen LogP contribution in [0.2, 0.25) is 0 Å². The van der Waals surface area contributed by atoms with Crippen LogP contribution in [0.3, 0.4) is 0 Å². The highest BCUT2D eigenvalue weighted by molar-refractivity contribution is 6.39. The highest BCUT2D eigenvalue weighted by Crippen LogP contribution is 2.44. The molecule has 0 bridgehead atoms. The molecule has 0 N–H and O–H groups in total. The van der Waals surface area contributed by atoms with Gasteiger partial charge in [0, 0.05) is 39.3 Å². The fourth-order valence-electron chi connectivity index (χ4n) is 5.56. The zero-order chi connectivity index (χ0) is 21.5. The Morgan fingerprint density at radius 1 is 0.424 bits per heavy atom. The van der Waals surface area contributed by atoms with Gasteiger partial charge >= 0.3 is 0 Å². The van der Waals surface area contributed by atoms with Crippen molar-refractivity contribution in [2.75, 3.05) is 0 Å². The summed E-state index contributed by atoms with van der Waals surface area (Å²) in [6.07, 6.45) is 3.58. The number of hydrogen-bond donors (Lipinski definition) is 0. The minimum atomic E-state index is 0.894. The molecule has 0 radical (unpaired) electrons. The minimum Gasteiger partial charge on any atom is -0.456 e. The Morgan fingerprint density at radius 3 is 1.79 bits per heavy atom. The molecule has 0 saturated carbocycles. The van der Waals surface area contributed by atoms with Crippen molar-refractivity contribution in [3.63, 3.8) is 0 Å². The maximum absolute atomic E-state index is 6.29. The van der Waals surface area contributed by atoms with Crippen LogP contribution in [0, 0.1) is 0 Å². The van der Waals surface area contributed by atoms with Crippen molar-refractivity contribution in [3.05, 3.63) is 97.3 Å². The Morgan fingerprint density at radius 2 is 1.03 bits per heavy atom. The van der Waals surface area contributed by atoms with Crippen molar-refractivity contribution in [1.29, 1.82) is 0 Å². The maximum atomic E-state index is 6.29. The molecule has 3 heteroatoms. The van der Waals surface area contributed by atoms with Crippen LogP contribution in [0.25, 0.3) is 76.1 Å². The molecule has 0 aliphatic rings. The molecule has 152 valence electrons. The van der Waals surface area contributed by atoms with E-state index >= 15 is 0 Å². The molecule has 0 fully saturated rings. The van der Waals surface area contributed by atoms with Gasteiger partial charge in [-0.2, -0.15) is 0 Å². The summed E-state index contributed by atoms with van der Waals surface area (Å²) in [6, 6.07) is 29.9. The largest absolute Gasteiger partial charge is 0.456 e. The van der Waals surface area contributed by atoms with Crippen LogP contribution in [0.4, 0.5) is 0 Å². The van der Waals surface area contributed by atoms with Crippen LogP contribution in [-0.4, -0.2) is 9.97 Å². The Hall–Kier alpha value is -4.50. The number of para-hydroxylation sites is 1. The molecule has 0 aliphatic carbocycles. The molecule has 8 rings (SSSR count). The second kappa shape index (κ2) is 6.05. The van der Waals surface area contributed by atoms with E-state index in [1.54, 1.807) is 12.4 Å². The number of rotatable bonds is 0. The molecule has 0 saturated heterocycles. The van der Waals surface area contributed by atoms with Crippen molar-refractivity contribution in [3.8, 4) is 0 Å². The van der Waals surface area contributed by atoms with E-state index in [2.05, 4.69) is 72.8 Å². The monoisotopic (exact) mass is 420 g/mol. The normalized spacial score (nSPS) is 12.2. The third-order valence-electron chi connectivity index (χ3n) is 6.91. The van der Waals surface area contributed by atoms with Crippen molar-refractivity contribution in [2.45, 2.75) is 0 Å². The van der Waals surface area contributed by atoms with Gasteiger partial charge in [0.2, 0.25) is 0 Å². The van der Waals surface area contributed by atoms with E-state index in [-0.39, 0.29) is 0 Å². The van der Waals surface area contributed by atoms with Crippen molar-refractivity contribution in [1.82, 2.24) is 9.97 Å². The molecule has 0 unspecified atom stereocenters. The van der Waals surface area contributed by atoms with Gasteiger partial charge in [0.1, 0.15) is 11.2 Å². The topological polar surface area (TPSA) is 38.9 Å². The van der Waals surface area contributed by atoms with Crippen LogP contribution < -0.4 is 0 Å². The summed E-state index contributed by atoms with van der Waals surface area (Å²) >= 11 is 0. The van der Waals surface area contributed by atoms with Crippen LogP contribution in [0.5, 0.6) is 0 Å².